The molecule has 128 valence electrons. The molecule has 0 spiro atoms. The smallest absolute Gasteiger partial charge is 0.224 e. The van der Waals surface area contributed by atoms with Gasteiger partial charge in [0, 0.05) is 12.1 Å². The van der Waals surface area contributed by atoms with Gasteiger partial charge in [-0.25, -0.2) is 8.78 Å². The van der Waals surface area contributed by atoms with E-state index in [4.69, 9.17) is 10.5 Å². The first kappa shape index (κ1) is 17.9. The molecule has 2 aromatic rings. The molecule has 0 bridgehead atoms. The fraction of sp³-hybridized carbons (Fsp3) is 0.278. The Balaban J connectivity index is 1.77. The van der Waals surface area contributed by atoms with Crippen LogP contribution in [-0.4, -0.2) is 19.1 Å². The molecule has 24 heavy (non-hydrogen) atoms. The van der Waals surface area contributed by atoms with Crippen LogP contribution in [0.15, 0.2) is 48.5 Å². The second kappa shape index (κ2) is 8.40. The summed E-state index contributed by atoms with van der Waals surface area (Å²) in [5.41, 5.74) is 6.98. The Bertz CT molecular complexity index is 680. The number of nitrogens with two attached hydrogens (primary N) is 1. The molecule has 0 fully saturated rings. The standard InChI is InChI=1S/C18H20F2N2O2/c1-12(17(21)13-5-3-2-4-6-13)18(23)22-9-10-24-14-7-8-15(19)16(20)11-14/h2-8,11-12,17H,9-10,21H2,1H3,(H,22,23). The van der Waals surface area contributed by atoms with Crippen LogP contribution in [-0.2, 0) is 4.79 Å². The zero-order chi connectivity index (χ0) is 17.5. The van der Waals surface area contributed by atoms with Crippen molar-refractivity contribution >= 4 is 5.91 Å². The van der Waals surface area contributed by atoms with Crippen molar-refractivity contribution in [2.75, 3.05) is 13.2 Å². The third-order valence-electron chi connectivity index (χ3n) is 3.70. The number of nitrogens with one attached hydrogen (secondary N) is 1. The lowest BCUT2D eigenvalue weighted by atomic mass is 9.95. The van der Waals surface area contributed by atoms with Crippen molar-refractivity contribution < 1.29 is 18.3 Å². The lowest BCUT2D eigenvalue weighted by Gasteiger charge is -2.19. The van der Waals surface area contributed by atoms with Gasteiger partial charge in [-0.2, -0.15) is 0 Å². The highest BCUT2D eigenvalue weighted by Gasteiger charge is 2.21. The average Bonchev–Trinajstić information content (AvgIpc) is 2.61. The lowest BCUT2D eigenvalue weighted by molar-refractivity contribution is -0.125. The van der Waals surface area contributed by atoms with Gasteiger partial charge in [0.05, 0.1) is 12.5 Å². The number of amides is 1. The number of rotatable bonds is 7. The summed E-state index contributed by atoms with van der Waals surface area (Å²) in [7, 11) is 0. The third kappa shape index (κ3) is 4.76. The number of benzene rings is 2. The molecule has 3 N–H and O–H groups in total. The summed E-state index contributed by atoms with van der Waals surface area (Å²) in [5.74, 6) is -2.30. The summed E-state index contributed by atoms with van der Waals surface area (Å²) in [6, 6.07) is 12.3. The lowest BCUT2D eigenvalue weighted by Crippen LogP contribution is -2.37. The maximum Gasteiger partial charge on any atom is 0.224 e. The second-order valence-corrected chi connectivity index (χ2v) is 5.44. The van der Waals surface area contributed by atoms with Crippen LogP contribution in [0.25, 0.3) is 0 Å². The van der Waals surface area contributed by atoms with E-state index in [1.54, 1.807) is 6.92 Å². The molecule has 6 heteroatoms. The van der Waals surface area contributed by atoms with Crippen molar-refractivity contribution in [2.24, 2.45) is 11.7 Å². The molecule has 1 amide bonds. The predicted molar refractivity (Wildman–Crippen MR) is 87.4 cm³/mol. The van der Waals surface area contributed by atoms with E-state index < -0.39 is 23.6 Å². The van der Waals surface area contributed by atoms with E-state index in [1.807, 2.05) is 30.3 Å². The zero-order valence-electron chi connectivity index (χ0n) is 13.3. The van der Waals surface area contributed by atoms with Gasteiger partial charge >= 0.3 is 0 Å². The fourth-order valence-electron chi connectivity index (χ4n) is 2.20. The van der Waals surface area contributed by atoms with Gasteiger partial charge in [-0.3, -0.25) is 4.79 Å². The van der Waals surface area contributed by atoms with Crippen LogP contribution in [0, 0.1) is 17.6 Å². The summed E-state index contributed by atoms with van der Waals surface area (Å²) in [5, 5.41) is 2.72. The molecule has 2 unspecified atom stereocenters. The Morgan fingerprint density at radius 2 is 1.88 bits per heavy atom. The van der Waals surface area contributed by atoms with E-state index in [9.17, 15) is 13.6 Å². The molecule has 0 saturated carbocycles. The number of hydrogen-bond donors (Lipinski definition) is 2. The second-order valence-electron chi connectivity index (χ2n) is 5.44. The summed E-state index contributed by atoms with van der Waals surface area (Å²) in [4.78, 5) is 12.1. The van der Waals surface area contributed by atoms with Crippen LogP contribution in [0.1, 0.15) is 18.5 Å². The molecule has 4 nitrogen and oxygen atoms in total. The van der Waals surface area contributed by atoms with Gasteiger partial charge < -0.3 is 15.8 Å². The van der Waals surface area contributed by atoms with Crippen LogP contribution in [0.4, 0.5) is 8.78 Å². The largest absolute Gasteiger partial charge is 0.492 e. The molecular formula is C18H20F2N2O2. The van der Waals surface area contributed by atoms with Crippen molar-refractivity contribution in [1.29, 1.82) is 0 Å². The maximum absolute atomic E-state index is 13.0. The Morgan fingerprint density at radius 3 is 2.54 bits per heavy atom. The first-order chi connectivity index (χ1) is 11.5. The Kier molecular flexibility index (Phi) is 6.26. The first-order valence-electron chi connectivity index (χ1n) is 7.65. The minimum atomic E-state index is -0.973. The minimum Gasteiger partial charge on any atom is -0.492 e. The SMILES string of the molecule is CC(C(=O)NCCOc1ccc(F)c(F)c1)C(N)c1ccccc1. The first-order valence-corrected chi connectivity index (χ1v) is 7.65. The molecule has 0 aliphatic heterocycles. The fourth-order valence-corrected chi connectivity index (χ4v) is 2.20. The maximum atomic E-state index is 13.0. The normalized spacial score (nSPS) is 13.2. The molecule has 0 aliphatic carbocycles. The minimum absolute atomic E-state index is 0.143. The third-order valence-corrected chi connectivity index (χ3v) is 3.70. The Morgan fingerprint density at radius 1 is 1.17 bits per heavy atom. The number of hydrogen-bond acceptors (Lipinski definition) is 3. The molecule has 0 aromatic heterocycles. The molecule has 0 aliphatic rings. The number of carbonyl (C=O) groups is 1. The van der Waals surface area contributed by atoms with Crippen molar-refractivity contribution in [2.45, 2.75) is 13.0 Å². The molecule has 0 radical (unpaired) electrons. The van der Waals surface area contributed by atoms with Gasteiger partial charge in [0.2, 0.25) is 5.91 Å². The average molecular weight is 334 g/mol. The Labute approximate surface area is 139 Å². The van der Waals surface area contributed by atoms with E-state index in [2.05, 4.69) is 5.32 Å². The summed E-state index contributed by atoms with van der Waals surface area (Å²) in [6.07, 6.45) is 0. The monoisotopic (exact) mass is 334 g/mol. The van der Waals surface area contributed by atoms with Gasteiger partial charge in [0.15, 0.2) is 11.6 Å². The predicted octanol–water partition coefficient (Wildman–Crippen LogP) is 2.80. The van der Waals surface area contributed by atoms with Crippen LogP contribution in [0.3, 0.4) is 0 Å². The van der Waals surface area contributed by atoms with E-state index in [1.165, 1.54) is 6.07 Å². The summed E-state index contributed by atoms with van der Waals surface area (Å²) in [6.45, 7) is 2.14. The molecule has 0 heterocycles. The number of ether oxygens (including phenoxy) is 1. The van der Waals surface area contributed by atoms with E-state index >= 15 is 0 Å². The number of carbonyl (C=O) groups excluding carboxylic acids is 1. The van der Waals surface area contributed by atoms with Crippen molar-refractivity contribution in [3.8, 4) is 5.75 Å². The highest BCUT2D eigenvalue weighted by molar-refractivity contribution is 5.79. The van der Waals surface area contributed by atoms with E-state index in [0.29, 0.717) is 0 Å². The summed E-state index contributed by atoms with van der Waals surface area (Å²) >= 11 is 0. The van der Waals surface area contributed by atoms with Gasteiger partial charge in [-0.05, 0) is 17.7 Å². The quantitative estimate of drug-likeness (QED) is 0.765. The van der Waals surface area contributed by atoms with Gasteiger partial charge in [0.1, 0.15) is 12.4 Å². The van der Waals surface area contributed by atoms with Crippen molar-refractivity contribution in [1.82, 2.24) is 5.32 Å². The topological polar surface area (TPSA) is 64.3 Å². The van der Waals surface area contributed by atoms with Crippen LogP contribution in [0.2, 0.25) is 0 Å². The van der Waals surface area contributed by atoms with E-state index in [-0.39, 0.29) is 24.8 Å². The summed E-state index contributed by atoms with van der Waals surface area (Å²) < 4.78 is 31.1. The van der Waals surface area contributed by atoms with Crippen molar-refractivity contribution in [3.63, 3.8) is 0 Å². The molecular weight excluding hydrogens is 314 g/mol. The van der Waals surface area contributed by atoms with E-state index in [0.717, 1.165) is 17.7 Å². The Hall–Kier alpha value is -2.47. The molecule has 0 saturated heterocycles. The van der Waals surface area contributed by atoms with Crippen LogP contribution < -0.4 is 15.8 Å². The van der Waals surface area contributed by atoms with Gasteiger partial charge in [-0.15, -0.1) is 0 Å². The molecule has 2 atom stereocenters. The van der Waals surface area contributed by atoms with Gasteiger partial charge in [0.25, 0.3) is 0 Å². The highest BCUT2D eigenvalue weighted by atomic mass is 19.2. The van der Waals surface area contributed by atoms with Crippen molar-refractivity contribution in [3.05, 3.63) is 65.7 Å². The highest BCUT2D eigenvalue weighted by Crippen LogP contribution is 2.19. The van der Waals surface area contributed by atoms with Crippen LogP contribution in [0.5, 0.6) is 5.75 Å². The zero-order valence-corrected chi connectivity index (χ0v) is 13.3. The van der Waals surface area contributed by atoms with Crippen LogP contribution >= 0.6 is 0 Å². The number of halogens is 2. The molecule has 2 aromatic carbocycles. The molecule has 2 rings (SSSR count). The van der Waals surface area contributed by atoms with Gasteiger partial charge in [-0.1, -0.05) is 37.3 Å².